The molecule has 0 aliphatic carbocycles. The third kappa shape index (κ3) is 3.80. The van der Waals surface area contributed by atoms with Crippen LogP contribution in [0.15, 0.2) is 53.1 Å². The Morgan fingerprint density at radius 3 is 2.07 bits per heavy atom. The predicted molar refractivity (Wildman–Crippen MR) is 109 cm³/mol. The van der Waals surface area contributed by atoms with Gasteiger partial charge in [-0.25, -0.2) is 0 Å². The maximum Gasteiger partial charge on any atom is 0.261 e. The summed E-state index contributed by atoms with van der Waals surface area (Å²) in [6, 6.07) is 15.8. The number of carbonyl (C=O) groups excluding carboxylic acids is 1. The zero-order valence-electron chi connectivity index (χ0n) is 16.5. The maximum absolute atomic E-state index is 13.2. The molecule has 4 heteroatoms. The molecular weight excluding hydrogens is 336 g/mol. The van der Waals surface area contributed by atoms with Crippen LogP contribution in [0.5, 0.6) is 0 Å². The molecule has 27 heavy (non-hydrogen) atoms. The van der Waals surface area contributed by atoms with E-state index in [1.165, 1.54) is 0 Å². The van der Waals surface area contributed by atoms with E-state index < -0.39 is 0 Å². The summed E-state index contributed by atoms with van der Waals surface area (Å²) in [6.45, 7) is 10.3. The smallest absolute Gasteiger partial charge is 0.261 e. The first-order valence-corrected chi connectivity index (χ1v) is 9.36. The lowest BCUT2D eigenvalue weighted by molar-refractivity contribution is 0.102. The van der Waals surface area contributed by atoms with Gasteiger partial charge in [0, 0.05) is 11.3 Å². The Balaban J connectivity index is 2.04. The summed E-state index contributed by atoms with van der Waals surface area (Å²) < 4.78 is 5.35. The van der Waals surface area contributed by atoms with E-state index in [4.69, 9.17) is 4.52 Å². The third-order valence-corrected chi connectivity index (χ3v) is 4.75. The van der Waals surface area contributed by atoms with E-state index in [0.717, 1.165) is 22.4 Å². The van der Waals surface area contributed by atoms with Crippen molar-refractivity contribution in [2.75, 3.05) is 5.32 Å². The van der Waals surface area contributed by atoms with E-state index in [2.05, 4.69) is 56.4 Å². The van der Waals surface area contributed by atoms with Gasteiger partial charge in [0.2, 0.25) is 0 Å². The van der Waals surface area contributed by atoms with Crippen LogP contribution in [0.25, 0.3) is 11.3 Å². The van der Waals surface area contributed by atoms with Crippen molar-refractivity contribution in [3.05, 3.63) is 71.0 Å². The normalized spacial score (nSPS) is 11.2. The number of carbonyl (C=O) groups is 1. The fraction of sp³-hybridized carbons (Fsp3) is 0.304. The molecule has 1 amide bonds. The Kier molecular flexibility index (Phi) is 5.45. The van der Waals surface area contributed by atoms with E-state index in [0.29, 0.717) is 28.9 Å². The van der Waals surface area contributed by atoms with Crippen molar-refractivity contribution in [1.82, 2.24) is 5.16 Å². The van der Waals surface area contributed by atoms with Gasteiger partial charge in [-0.2, -0.15) is 0 Å². The van der Waals surface area contributed by atoms with Crippen molar-refractivity contribution in [1.29, 1.82) is 0 Å². The van der Waals surface area contributed by atoms with Crippen LogP contribution >= 0.6 is 0 Å². The third-order valence-electron chi connectivity index (χ3n) is 4.75. The van der Waals surface area contributed by atoms with Crippen molar-refractivity contribution >= 4 is 11.6 Å². The number of amides is 1. The summed E-state index contributed by atoms with van der Waals surface area (Å²) in [6.07, 6.45) is 0. The minimum Gasteiger partial charge on any atom is -0.360 e. The summed E-state index contributed by atoms with van der Waals surface area (Å²) in [5.74, 6) is 0.925. The lowest BCUT2D eigenvalue weighted by Crippen LogP contribution is -2.17. The largest absolute Gasteiger partial charge is 0.360 e. The lowest BCUT2D eigenvalue weighted by atomic mass is 9.92. The number of nitrogens with one attached hydrogen (secondary N) is 1. The van der Waals surface area contributed by atoms with Gasteiger partial charge in [-0.05, 0) is 29.9 Å². The monoisotopic (exact) mass is 362 g/mol. The molecule has 140 valence electrons. The van der Waals surface area contributed by atoms with E-state index in [1.54, 1.807) is 6.92 Å². The van der Waals surface area contributed by atoms with Crippen LogP contribution in [0.4, 0.5) is 5.69 Å². The van der Waals surface area contributed by atoms with Gasteiger partial charge in [0.15, 0.2) is 0 Å². The minimum atomic E-state index is -0.192. The summed E-state index contributed by atoms with van der Waals surface area (Å²) in [7, 11) is 0. The average molecular weight is 362 g/mol. The highest BCUT2D eigenvalue weighted by molar-refractivity contribution is 6.09. The van der Waals surface area contributed by atoms with E-state index in [1.807, 2.05) is 30.3 Å². The van der Waals surface area contributed by atoms with Crippen molar-refractivity contribution in [2.45, 2.75) is 46.5 Å². The highest BCUT2D eigenvalue weighted by atomic mass is 16.5. The molecule has 0 fully saturated rings. The van der Waals surface area contributed by atoms with Crippen LogP contribution in [0.1, 0.15) is 66.8 Å². The fourth-order valence-corrected chi connectivity index (χ4v) is 3.30. The van der Waals surface area contributed by atoms with E-state index in [9.17, 15) is 4.79 Å². The Morgan fingerprint density at radius 2 is 1.52 bits per heavy atom. The fourth-order valence-electron chi connectivity index (χ4n) is 3.30. The molecule has 2 aromatic carbocycles. The second-order valence-electron chi connectivity index (χ2n) is 7.40. The van der Waals surface area contributed by atoms with Crippen LogP contribution < -0.4 is 5.32 Å². The Bertz CT molecular complexity index is 914. The number of rotatable bonds is 5. The molecule has 4 nitrogen and oxygen atoms in total. The van der Waals surface area contributed by atoms with Crippen molar-refractivity contribution in [3.8, 4) is 11.3 Å². The first-order valence-electron chi connectivity index (χ1n) is 9.36. The van der Waals surface area contributed by atoms with Crippen LogP contribution in [0, 0.1) is 6.92 Å². The van der Waals surface area contributed by atoms with E-state index >= 15 is 0 Å². The second-order valence-corrected chi connectivity index (χ2v) is 7.40. The van der Waals surface area contributed by atoms with Crippen molar-refractivity contribution < 1.29 is 9.32 Å². The van der Waals surface area contributed by atoms with Gasteiger partial charge in [0.1, 0.15) is 17.0 Å². The van der Waals surface area contributed by atoms with E-state index in [-0.39, 0.29) is 5.91 Å². The van der Waals surface area contributed by atoms with Gasteiger partial charge in [-0.3, -0.25) is 4.79 Å². The molecule has 0 spiro atoms. The number of aryl methyl sites for hydroxylation is 1. The molecular formula is C23H26N2O2. The molecule has 0 aliphatic rings. The molecule has 0 radical (unpaired) electrons. The number of para-hydroxylation sites is 1. The minimum absolute atomic E-state index is 0.192. The Hall–Kier alpha value is -2.88. The summed E-state index contributed by atoms with van der Waals surface area (Å²) >= 11 is 0. The molecule has 1 aromatic heterocycles. The lowest BCUT2D eigenvalue weighted by Gasteiger charge is -2.20. The SMILES string of the molecule is Cc1onc(-c2ccccc2)c1C(=O)Nc1c(C(C)C)cccc1C(C)C. The molecule has 1 heterocycles. The van der Waals surface area contributed by atoms with Gasteiger partial charge < -0.3 is 9.84 Å². The van der Waals surface area contributed by atoms with Gasteiger partial charge in [0.05, 0.1) is 0 Å². The number of aromatic nitrogens is 1. The number of nitrogens with zero attached hydrogens (tertiary/aromatic N) is 1. The zero-order valence-corrected chi connectivity index (χ0v) is 16.5. The van der Waals surface area contributed by atoms with Crippen LogP contribution in [-0.4, -0.2) is 11.1 Å². The molecule has 3 rings (SSSR count). The molecule has 0 bridgehead atoms. The first-order chi connectivity index (χ1) is 12.9. The molecule has 0 unspecified atom stereocenters. The highest BCUT2D eigenvalue weighted by Gasteiger charge is 2.24. The molecule has 1 N–H and O–H groups in total. The van der Waals surface area contributed by atoms with Crippen molar-refractivity contribution in [3.63, 3.8) is 0 Å². The molecule has 0 aliphatic heterocycles. The van der Waals surface area contributed by atoms with Crippen LogP contribution in [-0.2, 0) is 0 Å². The van der Waals surface area contributed by atoms with Crippen LogP contribution in [0.2, 0.25) is 0 Å². The van der Waals surface area contributed by atoms with Gasteiger partial charge in [-0.1, -0.05) is 81.4 Å². The Labute approximate surface area is 160 Å². The summed E-state index contributed by atoms with van der Waals surface area (Å²) in [5, 5.41) is 7.28. The zero-order chi connectivity index (χ0) is 19.6. The topological polar surface area (TPSA) is 55.1 Å². The Morgan fingerprint density at radius 1 is 0.926 bits per heavy atom. The number of hydrogen-bond acceptors (Lipinski definition) is 3. The predicted octanol–water partition coefficient (Wildman–Crippen LogP) is 6.15. The standard InChI is InChI=1S/C23H26N2O2/c1-14(2)18-12-9-13-19(15(3)4)22(18)24-23(26)20-16(5)27-25-21(20)17-10-7-6-8-11-17/h6-15H,1-5H3,(H,24,26). The average Bonchev–Trinajstić information content (AvgIpc) is 3.03. The number of hydrogen-bond donors (Lipinski definition) is 1. The quantitative estimate of drug-likeness (QED) is 0.592. The van der Waals surface area contributed by atoms with Gasteiger partial charge in [-0.15, -0.1) is 0 Å². The van der Waals surface area contributed by atoms with Gasteiger partial charge >= 0.3 is 0 Å². The maximum atomic E-state index is 13.2. The summed E-state index contributed by atoms with van der Waals surface area (Å²) in [5.41, 5.74) is 5.07. The second kappa shape index (κ2) is 7.78. The molecule has 0 saturated heterocycles. The van der Waals surface area contributed by atoms with Crippen LogP contribution in [0.3, 0.4) is 0 Å². The molecule has 0 saturated carbocycles. The summed E-state index contributed by atoms with van der Waals surface area (Å²) in [4.78, 5) is 13.2. The van der Waals surface area contributed by atoms with Gasteiger partial charge in [0.25, 0.3) is 5.91 Å². The first kappa shape index (κ1) is 18.9. The number of anilines is 1. The molecule has 0 atom stereocenters. The molecule has 3 aromatic rings. The number of benzene rings is 2. The van der Waals surface area contributed by atoms with Crippen molar-refractivity contribution in [2.24, 2.45) is 0 Å². The highest BCUT2D eigenvalue weighted by Crippen LogP contribution is 2.34.